The lowest BCUT2D eigenvalue weighted by Gasteiger charge is -2.09. The van der Waals surface area contributed by atoms with E-state index in [1.54, 1.807) is 0 Å². The number of halogens is 2. The first-order chi connectivity index (χ1) is 10.8. The molecule has 0 unspecified atom stereocenters. The molecule has 2 rings (SSSR count). The van der Waals surface area contributed by atoms with Crippen molar-refractivity contribution in [2.75, 3.05) is 6.54 Å². The van der Waals surface area contributed by atoms with Gasteiger partial charge in [-0.1, -0.05) is 28.1 Å². The Labute approximate surface area is 141 Å². The van der Waals surface area contributed by atoms with Crippen LogP contribution in [0.3, 0.4) is 0 Å². The predicted octanol–water partition coefficient (Wildman–Crippen LogP) is 2.81. The van der Waals surface area contributed by atoms with E-state index in [4.69, 9.17) is 5.11 Å². The minimum atomic E-state index is -4.13. The highest BCUT2D eigenvalue weighted by atomic mass is 79.9. The fourth-order valence-corrected chi connectivity index (χ4v) is 3.52. The Hall–Kier alpha value is -1.77. The first-order valence-corrected chi connectivity index (χ1v) is 8.84. The van der Waals surface area contributed by atoms with Crippen LogP contribution in [0.25, 0.3) is 0 Å². The highest BCUT2D eigenvalue weighted by molar-refractivity contribution is 9.10. The Kier molecular flexibility index (Phi) is 5.51. The Bertz CT molecular complexity index is 839. The molecule has 2 N–H and O–H groups in total. The number of carboxylic acid groups (broad SMARTS) is 1. The predicted molar refractivity (Wildman–Crippen MR) is 86.4 cm³/mol. The van der Waals surface area contributed by atoms with Gasteiger partial charge in [0.25, 0.3) is 0 Å². The highest BCUT2D eigenvalue weighted by Crippen LogP contribution is 2.17. The third-order valence-corrected chi connectivity index (χ3v) is 5.03. The van der Waals surface area contributed by atoms with Crippen LogP contribution >= 0.6 is 15.9 Å². The van der Waals surface area contributed by atoms with Crippen LogP contribution < -0.4 is 4.72 Å². The second kappa shape index (κ2) is 7.20. The Morgan fingerprint density at radius 1 is 1.22 bits per heavy atom. The zero-order valence-electron chi connectivity index (χ0n) is 11.8. The van der Waals surface area contributed by atoms with Gasteiger partial charge >= 0.3 is 5.97 Å². The smallest absolute Gasteiger partial charge is 0.335 e. The van der Waals surface area contributed by atoms with Crippen LogP contribution in [0.2, 0.25) is 0 Å². The Morgan fingerprint density at radius 3 is 2.61 bits per heavy atom. The zero-order chi connectivity index (χ0) is 17.0. The van der Waals surface area contributed by atoms with E-state index in [2.05, 4.69) is 20.7 Å². The molecule has 2 aromatic rings. The second-order valence-corrected chi connectivity index (χ2v) is 7.38. The summed E-state index contributed by atoms with van der Waals surface area (Å²) in [5.41, 5.74) is 0.612. The number of sulfonamides is 1. The number of carbonyl (C=O) groups is 1. The summed E-state index contributed by atoms with van der Waals surface area (Å²) in [5.74, 6) is -2.32. The molecule has 0 bridgehead atoms. The van der Waals surface area contributed by atoms with E-state index in [-0.39, 0.29) is 12.1 Å². The van der Waals surface area contributed by atoms with Gasteiger partial charge in [-0.3, -0.25) is 0 Å². The van der Waals surface area contributed by atoms with E-state index in [1.807, 2.05) is 24.3 Å². The first-order valence-electron chi connectivity index (χ1n) is 6.56. The fraction of sp³-hybridized carbons (Fsp3) is 0.133. The molecule has 0 saturated carbocycles. The molecule has 5 nitrogen and oxygen atoms in total. The Balaban J connectivity index is 2.13. The van der Waals surface area contributed by atoms with Crippen molar-refractivity contribution >= 4 is 31.9 Å². The number of hydrogen-bond donors (Lipinski definition) is 2. The molecule has 0 amide bonds. The normalized spacial score (nSPS) is 11.4. The van der Waals surface area contributed by atoms with Gasteiger partial charge in [0, 0.05) is 11.0 Å². The fourth-order valence-electron chi connectivity index (χ4n) is 1.94. The third-order valence-electron chi connectivity index (χ3n) is 3.06. The summed E-state index contributed by atoms with van der Waals surface area (Å²) in [7, 11) is -4.13. The van der Waals surface area contributed by atoms with Crippen molar-refractivity contribution < 1.29 is 22.7 Å². The summed E-state index contributed by atoms with van der Waals surface area (Å²) in [6.07, 6.45) is 0.416. The van der Waals surface area contributed by atoms with Gasteiger partial charge in [-0.2, -0.15) is 0 Å². The van der Waals surface area contributed by atoms with Crippen molar-refractivity contribution in [2.45, 2.75) is 11.3 Å². The van der Waals surface area contributed by atoms with E-state index < -0.39 is 26.7 Å². The average molecular weight is 402 g/mol. The van der Waals surface area contributed by atoms with Crippen molar-refractivity contribution in [3.05, 3.63) is 63.9 Å². The largest absolute Gasteiger partial charge is 0.478 e. The third kappa shape index (κ3) is 4.60. The molecule has 0 radical (unpaired) electrons. The molecule has 0 heterocycles. The number of rotatable bonds is 6. The molecule has 0 aliphatic heterocycles. The number of hydrogen-bond acceptors (Lipinski definition) is 3. The summed E-state index contributed by atoms with van der Waals surface area (Å²) in [6, 6.07) is 10.00. The van der Waals surface area contributed by atoms with E-state index in [9.17, 15) is 17.6 Å². The summed E-state index contributed by atoms with van der Waals surface area (Å²) in [5, 5.41) is 8.87. The maximum absolute atomic E-state index is 13.7. The van der Waals surface area contributed by atoms with E-state index in [0.29, 0.717) is 6.42 Å². The molecule has 0 saturated heterocycles. The van der Waals surface area contributed by atoms with Gasteiger partial charge in [-0.25, -0.2) is 22.3 Å². The molecule has 2 aromatic carbocycles. The lowest BCUT2D eigenvalue weighted by molar-refractivity contribution is 0.0696. The van der Waals surface area contributed by atoms with Crippen LogP contribution in [0.5, 0.6) is 0 Å². The van der Waals surface area contributed by atoms with Crippen LogP contribution in [0.4, 0.5) is 4.39 Å². The van der Waals surface area contributed by atoms with Crippen LogP contribution in [0.15, 0.2) is 51.8 Å². The Morgan fingerprint density at radius 2 is 1.96 bits per heavy atom. The number of benzene rings is 2. The summed E-state index contributed by atoms with van der Waals surface area (Å²) in [4.78, 5) is 10.2. The number of aromatic carboxylic acids is 1. The molecule has 0 spiro atoms. The minimum absolute atomic E-state index is 0.0650. The molecule has 122 valence electrons. The average Bonchev–Trinajstić information content (AvgIpc) is 2.47. The van der Waals surface area contributed by atoms with Crippen molar-refractivity contribution in [3.8, 4) is 0 Å². The van der Waals surface area contributed by atoms with Gasteiger partial charge in [-0.15, -0.1) is 0 Å². The summed E-state index contributed by atoms with van der Waals surface area (Å²) in [6.45, 7) is 0.0650. The van der Waals surface area contributed by atoms with Crippen LogP contribution in [-0.4, -0.2) is 26.0 Å². The van der Waals surface area contributed by atoms with Crippen molar-refractivity contribution in [3.63, 3.8) is 0 Å². The van der Waals surface area contributed by atoms with Crippen LogP contribution in [0.1, 0.15) is 15.9 Å². The molecule has 0 fully saturated rings. The molecule has 0 aliphatic carbocycles. The SMILES string of the molecule is O=C(O)c1ccc(F)c(S(=O)(=O)NCCc2cccc(Br)c2)c1. The lowest BCUT2D eigenvalue weighted by atomic mass is 10.2. The molecular weight excluding hydrogens is 389 g/mol. The molecular formula is C15H13BrFNO4S. The van der Waals surface area contributed by atoms with Gasteiger partial charge in [-0.05, 0) is 42.3 Å². The topological polar surface area (TPSA) is 83.5 Å². The van der Waals surface area contributed by atoms with Gasteiger partial charge in [0.2, 0.25) is 10.0 Å². The summed E-state index contributed by atoms with van der Waals surface area (Å²) >= 11 is 3.32. The van der Waals surface area contributed by atoms with Gasteiger partial charge in [0.1, 0.15) is 10.7 Å². The van der Waals surface area contributed by atoms with Crippen LogP contribution in [0, 0.1) is 5.82 Å². The molecule has 0 aliphatic rings. The first kappa shape index (κ1) is 17.6. The maximum atomic E-state index is 13.7. The van der Waals surface area contributed by atoms with Crippen molar-refractivity contribution in [1.29, 1.82) is 0 Å². The maximum Gasteiger partial charge on any atom is 0.335 e. The monoisotopic (exact) mass is 401 g/mol. The van der Waals surface area contributed by atoms with Crippen molar-refractivity contribution in [2.24, 2.45) is 0 Å². The summed E-state index contributed by atoms with van der Waals surface area (Å²) < 4.78 is 41.1. The van der Waals surface area contributed by atoms with Crippen molar-refractivity contribution in [1.82, 2.24) is 4.72 Å². The van der Waals surface area contributed by atoms with E-state index in [0.717, 1.165) is 28.2 Å². The lowest BCUT2D eigenvalue weighted by Crippen LogP contribution is -2.27. The number of carboxylic acids is 1. The molecule has 23 heavy (non-hydrogen) atoms. The van der Waals surface area contributed by atoms with Gasteiger partial charge < -0.3 is 5.11 Å². The zero-order valence-corrected chi connectivity index (χ0v) is 14.2. The molecule has 8 heteroatoms. The van der Waals surface area contributed by atoms with E-state index in [1.165, 1.54) is 0 Å². The van der Waals surface area contributed by atoms with Gasteiger partial charge in [0.15, 0.2) is 0 Å². The highest BCUT2D eigenvalue weighted by Gasteiger charge is 2.20. The molecule has 0 aromatic heterocycles. The number of nitrogens with one attached hydrogen (secondary N) is 1. The van der Waals surface area contributed by atoms with E-state index >= 15 is 0 Å². The van der Waals surface area contributed by atoms with Crippen LogP contribution in [-0.2, 0) is 16.4 Å². The minimum Gasteiger partial charge on any atom is -0.478 e. The second-order valence-electron chi connectivity index (χ2n) is 4.73. The quantitative estimate of drug-likeness (QED) is 0.779. The molecule has 0 atom stereocenters. The van der Waals surface area contributed by atoms with Gasteiger partial charge in [0.05, 0.1) is 5.56 Å². The standard InChI is InChI=1S/C15H13BrFNO4S/c16-12-3-1-2-10(8-12)6-7-18-23(21,22)14-9-11(15(19)20)4-5-13(14)17/h1-5,8-9,18H,6-7H2,(H,19,20).